The van der Waals surface area contributed by atoms with Crippen LogP contribution < -0.4 is 17.1 Å². The quantitative estimate of drug-likeness (QED) is 0.303. The highest BCUT2D eigenvalue weighted by molar-refractivity contribution is 5.69. The minimum Gasteiger partial charge on any atom is -0.469 e. The molecule has 0 aromatic carbocycles. The van der Waals surface area contributed by atoms with Gasteiger partial charge in [-0.15, -0.1) is 0 Å². The van der Waals surface area contributed by atoms with E-state index in [4.69, 9.17) is 0 Å². The predicted octanol–water partition coefficient (Wildman–Crippen LogP) is -0.969. The standard InChI is InChI=1S/C18H27N3O9/c1-28-13(22)7-4-10-19-16(25)20(11-5-8-14(23)29-2)18(27)21(17(19)26)12-6-9-15(24)30-3/h4-12H2,1-3H3. The molecule has 0 saturated heterocycles. The van der Waals surface area contributed by atoms with E-state index in [1.54, 1.807) is 0 Å². The van der Waals surface area contributed by atoms with E-state index in [1.807, 2.05) is 0 Å². The van der Waals surface area contributed by atoms with Crippen LogP contribution in [0.4, 0.5) is 0 Å². The first kappa shape index (κ1) is 24.9. The first-order chi connectivity index (χ1) is 14.3. The summed E-state index contributed by atoms with van der Waals surface area (Å²) in [6, 6.07) is 0. The van der Waals surface area contributed by atoms with Crippen molar-refractivity contribution >= 4 is 17.9 Å². The van der Waals surface area contributed by atoms with Gasteiger partial charge in [0.15, 0.2) is 0 Å². The Bertz CT molecular complexity index is 777. The summed E-state index contributed by atoms with van der Waals surface area (Å²) in [5.74, 6) is -1.48. The third-order valence-corrected chi connectivity index (χ3v) is 4.36. The second-order valence-corrected chi connectivity index (χ2v) is 6.34. The molecule has 1 aromatic heterocycles. The molecule has 0 N–H and O–H groups in total. The number of hydrogen-bond donors (Lipinski definition) is 0. The first-order valence-corrected chi connectivity index (χ1v) is 9.41. The van der Waals surface area contributed by atoms with Gasteiger partial charge in [0.1, 0.15) is 0 Å². The van der Waals surface area contributed by atoms with Crippen molar-refractivity contribution in [3.05, 3.63) is 31.5 Å². The Balaban J connectivity index is 3.20. The second kappa shape index (κ2) is 12.4. The maximum absolute atomic E-state index is 12.7. The lowest BCUT2D eigenvalue weighted by atomic mass is 10.3. The molecule has 0 radical (unpaired) electrons. The number of nitrogens with zero attached hydrogens (tertiary/aromatic N) is 3. The molecule has 1 heterocycles. The van der Waals surface area contributed by atoms with Gasteiger partial charge in [0.2, 0.25) is 0 Å². The summed E-state index contributed by atoms with van der Waals surface area (Å²) < 4.78 is 16.2. The third-order valence-electron chi connectivity index (χ3n) is 4.36. The molecule has 0 unspecified atom stereocenters. The molecule has 0 atom stereocenters. The highest BCUT2D eigenvalue weighted by Crippen LogP contribution is 1.97. The van der Waals surface area contributed by atoms with Gasteiger partial charge in [-0.25, -0.2) is 28.1 Å². The molecule has 0 aliphatic carbocycles. The second-order valence-electron chi connectivity index (χ2n) is 6.34. The molecule has 0 fully saturated rings. The Morgan fingerprint density at radius 3 is 1.00 bits per heavy atom. The van der Waals surface area contributed by atoms with Crippen LogP contribution in [0.15, 0.2) is 14.4 Å². The van der Waals surface area contributed by atoms with E-state index >= 15 is 0 Å². The molecule has 0 spiro atoms. The zero-order valence-corrected chi connectivity index (χ0v) is 17.4. The maximum atomic E-state index is 12.7. The number of esters is 3. The van der Waals surface area contributed by atoms with Crippen LogP contribution in [-0.2, 0) is 48.2 Å². The molecule has 0 bridgehead atoms. The van der Waals surface area contributed by atoms with Gasteiger partial charge < -0.3 is 14.2 Å². The van der Waals surface area contributed by atoms with Crippen molar-refractivity contribution < 1.29 is 28.6 Å². The molecular formula is C18H27N3O9. The van der Waals surface area contributed by atoms with Crippen LogP contribution in [0, 0.1) is 0 Å². The van der Waals surface area contributed by atoms with Crippen LogP contribution in [0.2, 0.25) is 0 Å². The van der Waals surface area contributed by atoms with Crippen molar-refractivity contribution in [2.45, 2.75) is 58.2 Å². The number of ether oxygens (including phenoxy) is 3. The van der Waals surface area contributed by atoms with E-state index in [1.165, 1.54) is 21.3 Å². The summed E-state index contributed by atoms with van der Waals surface area (Å²) in [5, 5.41) is 0. The zero-order valence-electron chi connectivity index (χ0n) is 17.4. The minimum absolute atomic E-state index is 0.00775. The number of rotatable bonds is 12. The van der Waals surface area contributed by atoms with E-state index < -0.39 is 35.0 Å². The Kier molecular flexibility index (Phi) is 10.3. The summed E-state index contributed by atoms with van der Waals surface area (Å²) in [6.07, 6.45) is 0.448. The fourth-order valence-electron chi connectivity index (χ4n) is 2.71. The van der Waals surface area contributed by atoms with Crippen LogP contribution in [0.1, 0.15) is 38.5 Å². The Morgan fingerprint density at radius 1 is 0.567 bits per heavy atom. The Labute approximate surface area is 172 Å². The van der Waals surface area contributed by atoms with Crippen molar-refractivity contribution in [2.75, 3.05) is 21.3 Å². The predicted molar refractivity (Wildman–Crippen MR) is 103 cm³/mol. The van der Waals surface area contributed by atoms with Gasteiger partial charge in [-0.05, 0) is 19.3 Å². The van der Waals surface area contributed by atoms with Crippen molar-refractivity contribution in [1.29, 1.82) is 0 Å². The zero-order chi connectivity index (χ0) is 22.7. The molecular weight excluding hydrogens is 402 g/mol. The average molecular weight is 429 g/mol. The highest BCUT2D eigenvalue weighted by atomic mass is 16.5. The van der Waals surface area contributed by atoms with Gasteiger partial charge in [-0.3, -0.25) is 14.4 Å². The van der Waals surface area contributed by atoms with Gasteiger partial charge >= 0.3 is 35.0 Å². The fourth-order valence-corrected chi connectivity index (χ4v) is 2.71. The topological polar surface area (TPSA) is 145 Å². The Morgan fingerprint density at radius 2 is 0.800 bits per heavy atom. The van der Waals surface area contributed by atoms with E-state index in [-0.39, 0.29) is 58.2 Å². The SMILES string of the molecule is COC(=O)CCCn1c(=O)n(CCCC(=O)OC)c(=O)n(CCCC(=O)OC)c1=O. The summed E-state index contributed by atoms with van der Waals surface area (Å²) in [6.45, 7) is -0.289. The van der Waals surface area contributed by atoms with Gasteiger partial charge in [-0.1, -0.05) is 0 Å². The summed E-state index contributed by atoms with van der Waals surface area (Å²) >= 11 is 0. The lowest BCUT2D eigenvalue weighted by Gasteiger charge is -2.13. The summed E-state index contributed by atoms with van der Waals surface area (Å²) in [4.78, 5) is 71.9. The molecule has 1 rings (SSSR count). The lowest BCUT2D eigenvalue weighted by molar-refractivity contribution is -0.141. The number of aromatic nitrogens is 3. The molecule has 12 heteroatoms. The van der Waals surface area contributed by atoms with Crippen molar-refractivity contribution in [3.8, 4) is 0 Å². The average Bonchev–Trinajstić information content (AvgIpc) is 2.74. The summed E-state index contributed by atoms with van der Waals surface area (Å²) in [5.41, 5.74) is -2.49. The summed E-state index contributed by atoms with van der Waals surface area (Å²) in [7, 11) is 3.68. The fraction of sp³-hybridized carbons (Fsp3) is 0.667. The van der Waals surface area contributed by atoms with Crippen molar-refractivity contribution in [3.63, 3.8) is 0 Å². The smallest absolute Gasteiger partial charge is 0.336 e. The van der Waals surface area contributed by atoms with Crippen molar-refractivity contribution in [1.82, 2.24) is 13.7 Å². The molecule has 1 aromatic rings. The van der Waals surface area contributed by atoms with E-state index in [9.17, 15) is 28.8 Å². The van der Waals surface area contributed by atoms with Crippen LogP contribution in [0.3, 0.4) is 0 Å². The largest absolute Gasteiger partial charge is 0.469 e. The number of carbonyl (C=O) groups excluding carboxylic acids is 3. The van der Waals surface area contributed by atoms with Crippen LogP contribution in [0.25, 0.3) is 0 Å². The Hall–Kier alpha value is -3.18. The third kappa shape index (κ3) is 7.01. The van der Waals surface area contributed by atoms with E-state index in [0.717, 1.165) is 13.7 Å². The number of hydrogen-bond acceptors (Lipinski definition) is 9. The van der Waals surface area contributed by atoms with Crippen LogP contribution in [0.5, 0.6) is 0 Å². The van der Waals surface area contributed by atoms with Crippen LogP contribution in [-0.4, -0.2) is 52.9 Å². The van der Waals surface area contributed by atoms with E-state index in [2.05, 4.69) is 14.2 Å². The normalized spacial score (nSPS) is 10.5. The van der Waals surface area contributed by atoms with Crippen molar-refractivity contribution in [2.24, 2.45) is 0 Å². The van der Waals surface area contributed by atoms with Gasteiger partial charge in [0, 0.05) is 38.9 Å². The molecule has 168 valence electrons. The number of methoxy groups -OCH3 is 3. The van der Waals surface area contributed by atoms with Gasteiger partial charge in [0.25, 0.3) is 0 Å². The molecule has 0 aliphatic heterocycles. The molecule has 30 heavy (non-hydrogen) atoms. The molecule has 0 saturated carbocycles. The van der Waals surface area contributed by atoms with E-state index in [0.29, 0.717) is 0 Å². The first-order valence-electron chi connectivity index (χ1n) is 9.41. The lowest BCUT2D eigenvalue weighted by Crippen LogP contribution is -2.54. The minimum atomic E-state index is -0.830. The van der Waals surface area contributed by atoms with Crippen LogP contribution >= 0.6 is 0 Å². The molecule has 0 aliphatic rings. The maximum Gasteiger partial charge on any atom is 0.336 e. The monoisotopic (exact) mass is 429 g/mol. The van der Waals surface area contributed by atoms with Gasteiger partial charge in [-0.2, -0.15) is 0 Å². The van der Waals surface area contributed by atoms with Gasteiger partial charge in [0.05, 0.1) is 21.3 Å². The molecule has 0 amide bonds. The number of carbonyl (C=O) groups is 3. The molecule has 12 nitrogen and oxygen atoms in total. The highest BCUT2D eigenvalue weighted by Gasteiger charge is 2.16.